The van der Waals surface area contributed by atoms with E-state index in [1.54, 1.807) is 11.1 Å². The van der Waals surface area contributed by atoms with Gasteiger partial charge in [0.1, 0.15) is 5.78 Å². The van der Waals surface area contributed by atoms with Crippen LogP contribution in [0.25, 0.3) is 0 Å². The molecule has 0 bridgehead atoms. The Balaban J connectivity index is 2.04. The quantitative estimate of drug-likeness (QED) is 0.536. The van der Waals surface area contributed by atoms with E-state index in [0.717, 1.165) is 6.42 Å². The standard InChI is InChI=1S/C13H18O/c1-13(2)5-3-4-8-6-9-7-10(14)11(9)12(8)13/h9,11H,3-7H2,1-2H3. The van der Waals surface area contributed by atoms with Crippen LogP contribution in [0.15, 0.2) is 11.1 Å². The van der Waals surface area contributed by atoms with Crippen LogP contribution >= 0.6 is 0 Å². The number of hydrogen-bond donors (Lipinski definition) is 0. The van der Waals surface area contributed by atoms with Gasteiger partial charge in [0.05, 0.1) is 0 Å². The minimum Gasteiger partial charge on any atom is -0.299 e. The van der Waals surface area contributed by atoms with Crippen molar-refractivity contribution in [1.29, 1.82) is 0 Å². The van der Waals surface area contributed by atoms with Crippen molar-refractivity contribution in [3.8, 4) is 0 Å². The first-order chi connectivity index (χ1) is 6.59. The van der Waals surface area contributed by atoms with Crippen molar-refractivity contribution in [3.63, 3.8) is 0 Å². The van der Waals surface area contributed by atoms with Crippen LogP contribution in [0, 0.1) is 17.3 Å². The molecule has 1 saturated carbocycles. The zero-order chi connectivity index (χ0) is 9.92. The van der Waals surface area contributed by atoms with Crippen LogP contribution < -0.4 is 0 Å². The molecule has 14 heavy (non-hydrogen) atoms. The lowest BCUT2D eigenvalue weighted by Crippen LogP contribution is -2.38. The largest absolute Gasteiger partial charge is 0.299 e. The van der Waals surface area contributed by atoms with Gasteiger partial charge in [0.2, 0.25) is 0 Å². The summed E-state index contributed by atoms with van der Waals surface area (Å²) in [6.07, 6.45) is 6.00. The van der Waals surface area contributed by atoms with Gasteiger partial charge in [0, 0.05) is 12.3 Å². The van der Waals surface area contributed by atoms with Crippen LogP contribution in [0.5, 0.6) is 0 Å². The number of allylic oxidation sites excluding steroid dienone is 2. The predicted octanol–water partition coefficient (Wildman–Crippen LogP) is 3.10. The van der Waals surface area contributed by atoms with Crippen molar-refractivity contribution in [3.05, 3.63) is 11.1 Å². The first kappa shape index (κ1) is 8.70. The van der Waals surface area contributed by atoms with E-state index in [1.807, 2.05) is 0 Å². The maximum absolute atomic E-state index is 11.6. The fraction of sp³-hybridized carbons (Fsp3) is 0.769. The molecule has 2 atom stereocenters. The van der Waals surface area contributed by atoms with Crippen molar-refractivity contribution in [1.82, 2.24) is 0 Å². The van der Waals surface area contributed by atoms with Crippen molar-refractivity contribution in [2.24, 2.45) is 17.3 Å². The second-order valence-corrected chi connectivity index (χ2v) is 5.87. The molecule has 3 rings (SSSR count). The van der Waals surface area contributed by atoms with Gasteiger partial charge in [0.25, 0.3) is 0 Å². The molecule has 1 heteroatoms. The van der Waals surface area contributed by atoms with Gasteiger partial charge in [-0.2, -0.15) is 0 Å². The third-order valence-corrected chi connectivity index (χ3v) is 4.49. The average Bonchev–Trinajstić information content (AvgIpc) is 2.38. The normalized spacial score (nSPS) is 39.1. The molecule has 1 fully saturated rings. The maximum atomic E-state index is 11.6. The van der Waals surface area contributed by atoms with Crippen LogP contribution in [-0.2, 0) is 4.79 Å². The molecule has 0 aromatic rings. The lowest BCUT2D eigenvalue weighted by molar-refractivity contribution is -0.131. The van der Waals surface area contributed by atoms with Crippen LogP contribution in [0.4, 0.5) is 0 Å². The smallest absolute Gasteiger partial charge is 0.140 e. The van der Waals surface area contributed by atoms with Gasteiger partial charge in [-0.1, -0.05) is 25.0 Å². The van der Waals surface area contributed by atoms with Gasteiger partial charge in [0.15, 0.2) is 0 Å². The van der Waals surface area contributed by atoms with E-state index in [1.165, 1.54) is 25.7 Å². The molecule has 2 unspecified atom stereocenters. The summed E-state index contributed by atoms with van der Waals surface area (Å²) in [6.45, 7) is 4.66. The SMILES string of the molecule is CC1(C)CCCC2=C1C1C(=O)CC1C2. The topological polar surface area (TPSA) is 17.1 Å². The Morgan fingerprint density at radius 3 is 2.79 bits per heavy atom. The molecule has 0 radical (unpaired) electrons. The second kappa shape index (κ2) is 2.50. The van der Waals surface area contributed by atoms with Gasteiger partial charge in [-0.3, -0.25) is 4.79 Å². The molecule has 76 valence electrons. The summed E-state index contributed by atoms with van der Waals surface area (Å²) in [5, 5.41) is 0. The average molecular weight is 190 g/mol. The molecule has 0 amide bonds. The number of hydrogen-bond acceptors (Lipinski definition) is 1. The van der Waals surface area contributed by atoms with E-state index in [2.05, 4.69) is 13.8 Å². The van der Waals surface area contributed by atoms with Crippen LogP contribution in [0.1, 0.15) is 46.0 Å². The van der Waals surface area contributed by atoms with E-state index in [0.29, 0.717) is 23.0 Å². The zero-order valence-electron chi connectivity index (χ0n) is 9.10. The molecule has 0 heterocycles. The Bertz CT molecular complexity index is 335. The maximum Gasteiger partial charge on any atom is 0.140 e. The Labute approximate surface area is 85.6 Å². The number of carbonyl (C=O) groups excluding carboxylic acids is 1. The highest BCUT2D eigenvalue weighted by atomic mass is 16.1. The number of carbonyl (C=O) groups is 1. The van der Waals surface area contributed by atoms with E-state index < -0.39 is 0 Å². The molecule has 0 spiro atoms. The summed E-state index contributed by atoms with van der Waals surface area (Å²) in [6, 6.07) is 0. The fourth-order valence-corrected chi connectivity index (χ4v) is 3.85. The first-order valence-electron chi connectivity index (χ1n) is 5.85. The Morgan fingerprint density at radius 1 is 1.29 bits per heavy atom. The van der Waals surface area contributed by atoms with Gasteiger partial charge in [-0.25, -0.2) is 0 Å². The predicted molar refractivity (Wildman–Crippen MR) is 55.9 cm³/mol. The third kappa shape index (κ3) is 0.933. The van der Waals surface area contributed by atoms with E-state index in [4.69, 9.17) is 0 Å². The molecule has 1 nitrogen and oxygen atoms in total. The Morgan fingerprint density at radius 2 is 2.07 bits per heavy atom. The van der Waals surface area contributed by atoms with Crippen LogP contribution in [0.2, 0.25) is 0 Å². The third-order valence-electron chi connectivity index (χ3n) is 4.49. The summed E-state index contributed by atoms with van der Waals surface area (Å²) in [5.41, 5.74) is 3.54. The molecule has 3 aliphatic carbocycles. The highest BCUT2D eigenvalue weighted by Crippen LogP contribution is 2.57. The molecular weight excluding hydrogens is 172 g/mol. The molecule has 0 aromatic heterocycles. The second-order valence-electron chi connectivity index (χ2n) is 5.87. The highest BCUT2D eigenvalue weighted by molar-refractivity contribution is 5.91. The van der Waals surface area contributed by atoms with E-state index in [9.17, 15) is 4.79 Å². The van der Waals surface area contributed by atoms with E-state index >= 15 is 0 Å². The van der Waals surface area contributed by atoms with Gasteiger partial charge in [-0.05, 0) is 37.0 Å². The molecule has 0 aliphatic heterocycles. The lowest BCUT2D eigenvalue weighted by Gasteiger charge is -2.39. The summed E-state index contributed by atoms with van der Waals surface area (Å²) in [4.78, 5) is 11.6. The number of Topliss-reactive ketones (excluding diaryl/α,β-unsaturated/α-hetero) is 1. The first-order valence-corrected chi connectivity index (χ1v) is 5.85. The highest BCUT2D eigenvalue weighted by Gasteiger charge is 2.52. The van der Waals surface area contributed by atoms with Gasteiger partial charge in [-0.15, -0.1) is 0 Å². The summed E-state index contributed by atoms with van der Waals surface area (Å²) < 4.78 is 0. The molecule has 0 aromatic carbocycles. The molecule has 0 N–H and O–H groups in total. The lowest BCUT2D eigenvalue weighted by atomic mass is 9.64. The number of fused-ring (bicyclic) bond motifs is 2. The Hall–Kier alpha value is -0.590. The van der Waals surface area contributed by atoms with Crippen LogP contribution in [-0.4, -0.2) is 5.78 Å². The number of ketones is 1. The molecular formula is C13H18O. The van der Waals surface area contributed by atoms with Crippen molar-refractivity contribution in [2.45, 2.75) is 46.0 Å². The summed E-state index contributed by atoms with van der Waals surface area (Å²) in [7, 11) is 0. The molecule has 0 saturated heterocycles. The summed E-state index contributed by atoms with van der Waals surface area (Å²) >= 11 is 0. The minimum absolute atomic E-state index is 0.322. The van der Waals surface area contributed by atoms with Crippen molar-refractivity contribution < 1.29 is 4.79 Å². The monoisotopic (exact) mass is 190 g/mol. The summed E-state index contributed by atoms with van der Waals surface area (Å²) in [5.74, 6) is 1.60. The minimum atomic E-state index is 0.322. The fourth-order valence-electron chi connectivity index (χ4n) is 3.85. The Kier molecular flexibility index (Phi) is 1.55. The van der Waals surface area contributed by atoms with Crippen LogP contribution in [0.3, 0.4) is 0 Å². The van der Waals surface area contributed by atoms with Crippen molar-refractivity contribution >= 4 is 5.78 Å². The van der Waals surface area contributed by atoms with Crippen molar-refractivity contribution in [2.75, 3.05) is 0 Å². The zero-order valence-corrected chi connectivity index (χ0v) is 9.10. The van der Waals surface area contributed by atoms with E-state index in [-0.39, 0.29) is 0 Å². The van der Waals surface area contributed by atoms with Gasteiger partial charge >= 0.3 is 0 Å². The van der Waals surface area contributed by atoms with Gasteiger partial charge < -0.3 is 0 Å². The number of rotatable bonds is 0. The molecule has 3 aliphatic rings.